The van der Waals surface area contributed by atoms with Gasteiger partial charge in [0.1, 0.15) is 5.69 Å². The number of halogens is 1. The van der Waals surface area contributed by atoms with Gasteiger partial charge in [-0.1, -0.05) is 11.6 Å². The molecule has 3 heterocycles. The van der Waals surface area contributed by atoms with Crippen LogP contribution in [0, 0.1) is 20.8 Å². The van der Waals surface area contributed by atoms with Crippen LogP contribution >= 0.6 is 11.6 Å². The first-order valence-corrected chi connectivity index (χ1v) is 7.21. The van der Waals surface area contributed by atoms with Crippen LogP contribution in [0.15, 0.2) is 12.4 Å². The summed E-state index contributed by atoms with van der Waals surface area (Å²) in [7, 11) is 0. The molecule has 0 aliphatic heterocycles. The summed E-state index contributed by atoms with van der Waals surface area (Å²) in [6, 6.07) is 0. The lowest BCUT2D eigenvalue weighted by atomic mass is 10.3. The van der Waals surface area contributed by atoms with E-state index in [-0.39, 0.29) is 0 Å². The third-order valence-corrected chi connectivity index (χ3v) is 4.07. The minimum Gasteiger partial charge on any atom is -0.295 e. The van der Waals surface area contributed by atoms with E-state index in [1.54, 1.807) is 6.20 Å². The second kappa shape index (κ2) is 5.04. The van der Waals surface area contributed by atoms with Gasteiger partial charge in [0, 0.05) is 18.9 Å². The summed E-state index contributed by atoms with van der Waals surface area (Å²) in [4.78, 5) is 4.41. The van der Waals surface area contributed by atoms with Crippen molar-refractivity contribution in [1.82, 2.24) is 29.5 Å². The molecule has 0 radical (unpaired) electrons. The largest absolute Gasteiger partial charge is 0.295 e. The van der Waals surface area contributed by atoms with Crippen molar-refractivity contribution < 1.29 is 0 Å². The third-order valence-electron chi connectivity index (χ3n) is 3.61. The highest BCUT2D eigenvalue weighted by atomic mass is 35.5. The Bertz CT molecular complexity index is 795. The van der Waals surface area contributed by atoms with Gasteiger partial charge in [0.25, 0.3) is 0 Å². The monoisotopic (exact) mass is 304 g/mol. The van der Waals surface area contributed by atoms with Crippen molar-refractivity contribution in [2.45, 2.75) is 34.2 Å². The minimum atomic E-state index is 0.598. The Kier molecular flexibility index (Phi) is 3.33. The van der Waals surface area contributed by atoms with Crippen LogP contribution in [0.3, 0.4) is 0 Å². The van der Waals surface area contributed by atoms with Gasteiger partial charge in [-0.05, 0) is 27.7 Å². The van der Waals surface area contributed by atoms with E-state index in [1.807, 2.05) is 29.3 Å². The summed E-state index contributed by atoms with van der Waals surface area (Å²) in [6.45, 7) is 8.85. The van der Waals surface area contributed by atoms with E-state index in [4.69, 9.17) is 11.6 Å². The van der Waals surface area contributed by atoms with Gasteiger partial charge in [-0.15, -0.1) is 0 Å². The molecule has 0 atom stereocenters. The van der Waals surface area contributed by atoms with Crippen molar-refractivity contribution >= 4 is 11.6 Å². The van der Waals surface area contributed by atoms with Crippen LogP contribution in [0.2, 0.25) is 5.02 Å². The van der Waals surface area contributed by atoms with Crippen molar-refractivity contribution in [3.8, 4) is 17.2 Å². The summed E-state index contributed by atoms with van der Waals surface area (Å²) >= 11 is 6.30. The van der Waals surface area contributed by atoms with Crippen molar-refractivity contribution in [3.05, 3.63) is 34.5 Å². The molecule has 0 amide bonds. The van der Waals surface area contributed by atoms with Gasteiger partial charge in [0.15, 0.2) is 5.82 Å². The van der Waals surface area contributed by atoms with E-state index in [9.17, 15) is 0 Å². The zero-order valence-corrected chi connectivity index (χ0v) is 13.2. The van der Waals surface area contributed by atoms with E-state index in [1.165, 1.54) is 0 Å². The highest BCUT2D eigenvalue weighted by molar-refractivity contribution is 6.33. The Morgan fingerprint density at radius 3 is 2.62 bits per heavy atom. The lowest BCUT2D eigenvalue weighted by molar-refractivity contribution is 0.634. The number of hydrogen-bond acceptors (Lipinski definition) is 3. The van der Waals surface area contributed by atoms with Crippen LogP contribution in [0.5, 0.6) is 0 Å². The molecule has 1 N–H and O–H groups in total. The maximum absolute atomic E-state index is 6.30. The van der Waals surface area contributed by atoms with E-state index >= 15 is 0 Å². The molecular formula is C14H17ClN6. The molecule has 0 fully saturated rings. The quantitative estimate of drug-likeness (QED) is 0.809. The van der Waals surface area contributed by atoms with Gasteiger partial charge in [0.05, 0.1) is 27.8 Å². The third kappa shape index (κ3) is 2.06. The normalized spacial score (nSPS) is 11.3. The fourth-order valence-electron chi connectivity index (χ4n) is 2.57. The van der Waals surface area contributed by atoms with Crippen molar-refractivity contribution in [3.63, 3.8) is 0 Å². The Labute approximate surface area is 127 Å². The fourth-order valence-corrected chi connectivity index (χ4v) is 2.74. The van der Waals surface area contributed by atoms with Gasteiger partial charge in [-0.25, -0.2) is 4.98 Å². The standard InChI is InChI=1S/C14H17ClN6/c1-5-21-10(4)13(9(3)19-21)20-7-6-16-14(20)12-11(15)8(2)17-18-12/h6-7H,5H2,1-4H3,(H,17,18). The molecule has 7 heteroatoms. The first-order chi connectivity index (χ1) is 10.0. The number of nitrogens with one attached hydrogen (secondary N) is 1. The number of rotatable bonds is 3. The first-order valence-electron chi connectivity index (χ1n) is 6.83. The average Bonchev–Trinajstić information content (AvgIpc) is 3.11. The van der Waals surface area contributed by atoms with Crippen molar-refractivity contribution in [1.29, 1.82) is 0 Å². The molecule has 3 rings (SSSR count). The number of aryl methyl sites for hydroxylation is 3. The molecule has 21 heavy (non-hydrogen) atoms. The second-order valence-electron chi connectivity index (χ2n) is 4.97. The smallest absolute Gasteiger partial charge is 0.166 e. The molecule has 0 spiro atoms. The summed E-state index contributed by atoms with van der Waals surface area (Å²) in [5.74, 6) is 0.714. The molecule has 0 bridgehead atoms. The molecule has 3 aromatic rings. The molecule has 0 unspecified atom stereocenters. The molecule has 110 valence electrons. The Morgan fingerprint density at radius 1 is 1.29 bits per heavy atom. The lowest BCUT2D eigenvalue weighted by Crippen LogP contribution is -2.02. The Hall–Kier alpha value is -2.08. The van der Waals surface area contributed by atoms with Crippen molar-refractivity contribution in [2.75, 3.05) is 0 Å². The van der Waals surface area contributed by atoms with Crippen LogP contribution in [0.25, 0.3) is 17.2 Å². The highest BCUT2D eigenvalue weighted by Crippen LogP contribution is 2.30. The summed E-state index contributed by atoms with van der Waals surface area (Å²) in [6.07, 6.45) is 3.66. The molecule has 3 aromatic heterocycles. The number of nitrogens with zero attached hydrogens (tertiary/aromatic N) is 5. The zero-order valence-electron chi connectivity index (χ0n) is 12.5. The predicted molar refractivity (Wildman–Crippen MR) is 81.8 cm³/mol. The highest BCUT2D eigenvalue weighted by Gasteiger charge is 2.20. The number of aromatic nitrogens is 6. The average molecular weight is 305 g/mol. The van der Waals surface area contributed by atoms with Crippen LogP contribution in [-0.4, -0.2) is 29.5 Å². The molecule has 0 saturated heterocycles. The van der Waals surface area contributed by atoms with Crippen LogP contribution < -0.4 is 0 Å². The molecule has 0 aliphatic carbocycles. The SMILES string of the molecule is CCn1nc(C)c(-n2ccnc2-c2n[nH]c(C)c2Cl)c1C. The number of hydrogen-bond donors (Lipinski definition) is 1. The molecule has 0 saturated carbocycles. The second-order valence-corrected chi connectivity index (χ2v) is 5.35. The minimum absolute atomic E-state index is 0.598. The maximum atomic E-state index is 6.30. The Balaban J connectivity index is 2.21. The van der Waals surface area contributed by atoms with Gasteiger partial charge in [0.2, 0.25) is 0 Å². The maximum Gasteiger partial charge on any atom is 0.166 e. The van der Waals surface area contributed by atoms with Crippen LogP contribution in [0.1, 0.15) is 24.0 Å². The van der Waals surface area contributed by atoms with E-state index in [2.05, 4.69) is 34.1 Å². The summed E-state index contributed by atoms with van der Waals surface area (Å²) in [5, 5.41) is 12.3. The number of H-pyrrole nitrogens is 1. The van der Waals surface area contributed by atoms with Gasteiger partial charge < -0.3 is 0 Å². The van der Waals surface area contributed by atoms with E-state index in [0.29, 0.717) is 16.5 Å². The number of aromatic amines is 1. The molecule has 6 nitrogen and oxygen atoms in total. The van der Waals surface area contributed by atoms with Gasteiger partial charge >= 0.3 is 0 Å². The van der Waals surface area contributed by atoms with Gasteiger partial charge in [-0.3, -0.25) is 14.3 Å². The molecule has 0 aromatic carbocycles. The summed E-state index contributed by atoms with van der Waals surface area (Å²) < 4.78 is 3.97. The molecular weight excluding hydrogens is 288 g/mol. The topological polar surface area (TPSA) is 64.3 Å². The van der Waals surface area contributed by atoms with E-state index in [0.717, 1.165) is 29.3 Å². The van der Waals surface area contributed by atoms with Gasteiger partial charge in [-0.2, -0.15) is 10.2 Å². The predicted octanol–water partition coefficient (Wildman–Crippen LogP) is 3.06. The summed E-state index contributed by atoms with van der Waals surface area (Å²) in [5.41, 5.74) is 4.57. The first kappa shape index (κ1) is 13.9. The molecule has 0 aliphatic rings. The number of imidazole rings is 1. The lowest BCUT2D eigenvalue weighted by Gasteiger charge is -2.07. The van der Waals surface area contributed by atoms with Crippen LogP contribution in [0.4, 0.5) is 0 Å². The fraction of sp³-hybridized carbons (Fsp3) is 0.357. The van der Waals surface area contributed by atoms with E-state index < -0.39 is 0 Å². The zero-order chi connectivity index (χ0) is 15.1. The van der Waals surface area contributed by atoms with Crippen molar-refractivity contribution in [2.24, 2.45) is 0 Å². The Morgan fingerprint density at radius 2 is 2.05 bits per heavy atom. The van der Waals surface area contributed by atoms with Crippen LogP contribution in [-0.2, 0) is 6.54 Å².